The summed E-state index contributed by atoms with van der Waals surface area (Å²) in [5.41, 5.74) is 2.96. The third-order valence-corrected chi connectivity index (χ3v) is 8.71. The Labute approximate surface area is 267 Å². The molecule has 234 valence electrons. The van der Waals surface area contributed by atoms with E-state index in [-0.39, 0.29) is 41.4 Å². The summed E-state index contributed by atoms with van der Waals surface area (Å²) in [6.07, 6.45) is 6.38. The first-order valence-corrected chi connectivity index (χ1v) is 15.9. The molecule has 1 aliphatic rings. The molecule has 0 bridgehead atoms. The van der Waals surface area contributed by atoms with E-state index in [1.54, 1.807) is 29.4 Å². The highest BCUT2D eigenvalue weighted by Gasteiger charge is 2.26. The van der Waals surface area contributed by atoms with Crippen LogP contribution in [-0.4, -0.2) is 51.4 Å². The van der Waals surface area contributed by atoms with Gasteiger partial charge < -0.3 is 14.4 Å². The van der Waals surface area contributed by atoms with Crippen molar-refractivity contribution in [3.8, 4) is 11.5 Å². The van der Waals surface area contributed by atoms with Crippen molar-refractivity contribution in [1.29, 1.82) is 0 Å². The number of ketones is 1. The molecule has 2 unspecified atom stereocenters. The highest BCUT2D eigenvalue weighted by molar-refractivity contribution is 7.07. The average molecular weight is 626 g/mol. The van der Waals surface area contributed by atoms with Crippen molar-refractivity contribution in [3.05, 3.63) is 109 Å². The number of amides is 1. The van der Waals surface area contributed by atoms with Gasteiger partial charge in [-0.15, -0.1) is 11.3 Å². The summed E-state index contributed by atoms with van der Waals surface area (Å²) in [5, 5.41) is 0. The monoisotopic (exact) mass is 625 g/mol. The van der Waals surface area contributed by atoms with Crippen LogP contribution in [0.15, 0.2) is 71.8 Å². The topological polar surface area (TPSA) is 90.7 Å². The van der Waals surface area contributed by atoms with Crippen LogP contribution in [0.3, 0.4) is 0 Å². The van der Waals surface area contributed by atoms with Crippen LogP contribution in [0.25, 0.3) is 12.2 Å². The minimum atomic E-state index is -0.321. The molecule has 5 rings (SSSR count). The number of hydrogen-bond donors (Lipinski definition) is 0. The van der Waals surface area contributed by atoms with E-state index < -0.39 is 0 Å². The van der Waals surface area contributed by atoms with Crippen molar-refractivity contribution in [2.75, 3.05) is 13.1 Å². The summed E-state index contributed by atoms with van der Waals surface area (Å²) in [6, 6.07) is 16.8. The van der Waals surface area contributed by atoms with Gasteiger partial charge >= 0.3 is 0 Å². The molecule has 0 aliphatic carbocycles. The number of benzene rings is 2. The fourth-order valence-electron chi connectivity index (χ4n) is 5.30. The van der Waals surface area contributed by atoms with E-state index >= 15 is 0 Å². The Morgan fingerprint density at radius 1 is 1.07 bits per heavy atom. The van der Waals surface area contributed by atoms with Crippen molar-refractivity contribution in [2.24, 2.45) is 0 Å². The Kier molecular flexibility index (Phi) is 9.51. The van der Waals surface area contributed by atoms with Crippen LogP contribution in [0.2, 0.25) is 0 Å². The molecule has 0 spiro atoms. The molecule has 1 amide bonds. The summed E-state index contributed by atoms with van der Waals surface area (Å²) in [6.45, 7) is 12.9. The van der Waals surface area contributed by atoms with Crippen molar-refractivity contribution in [1.82, 2.24) is 14.5 Å². The zero-order valence-corrected chi connectivity index (χ0v) is 27.4. The number of nitrogens with zero attached hydrogens (tertiary/aromatic N) is 3. The minimum Gasteiger partial charge on any atom is -0.455 e. The van der Waals surface area contributed by atoms with Crippen LogP contribution < -0.4 is 19.5 Å². The van der Waals surface area contributed by atoms with Gasteiger partial charge in [-0.05, 0) is 73.2 Å². The maximum absolute atomic E-state index is 13.8. The summed E-state index contributed by atoms with van der Waals surface area (Å²) in [7, 11) is 0. The number of Topliss-reactive ketones (excluding diaryl/α,β-unsaturated/α-hetero) is 1. The van der Waals surface area contributed by atoms with E-state index in [2.05, 4.69) is 25.8 Å². The Balaban J connectivity index is 1.51. The SMILES string of the molecule is Cc1cc(/C=c2\s/c(=C\C(=O)c3ccc(C(C)(C)C)cc3)n(CC(=O)N3CC(C)OC(C)C3)c2=O)ccc1Oc1cccnc1. The quantitative estimate of drug-likeness (QED) is 0.274. The molecule has 1 fully saturated rings. The smallest absolute Gasteiger partial charge is 0.269 e. The van der Waals surface area contributed by atoms with Gasteiger partial charge in [0, 0.05) is 30.9 Å². The number of thiazole rings is 1. The standard InChI is InChI=1S/C36H39N3O5S/c1-23-16-26(9-14-31(23)44-29-8-7-15-37-19-29)17-32-35(42)39(22-33(41)38-20-24(2)43-25(3)21-38)34(45-32)18-30(40)27-10-12-28(13-11-27)36(4,5)6/h7-19,24-25H,20-22H2,1-6H3/b32-17-,34-18-. The molecule has 1 aliphatic heterocycles. The molecule has 2 aromatic carbocycles. The zero-order chi connectivity index (χ0) is 32.3. The molecular formula is C36H39N3O5S. The number of carbonyl (C=O) groups excluding carboxylic acids is 2. The summed E-state index contributed by atoms with van der Waals surface area (Å²) < 4.78 is 14.0. The second-order valence-electron chi connectivity index (χ2n) is 12.5. The van der Waals surface area contributed by atoms with Gasteiger partial charge in [-0.25, -0.2) is 0 Å². The molecule has 9 heteroatoms. The van der Waals surface area contributed by atoms with Crippen molar-refractivity contribution in [2.45, 2.75) is 65.7 Å². The number of aromatic nitrogens is 2. The molecule has 2 atom stereocenters. The van der Waals surface area contributed by atoms with Gasteiger partial charge in [-0.2, -0.15) is 0 Å². The Hall–Kier alpha value is -4.34. The lowest BCUT2D eigenvalue weighted by molar-refractivity contribution is -0.143. The van der Waals surface area contributed by atoms with Crippen LogP contribution in [-0.2, 0) is 21.5 Å². The minimum absolute atomic E-state index is 0.0411. The van der Waals surface area contributed by atoms with Gasteiger partial charge in [-0.3, -0.25) is 23.9 Å². The summed E-state index contributed by atoms with van der Waals surface area (Å²) in [5.74, 6) is 0.893. The van der Waals surface area contributed by atoms with Crippen molar-refractivity contribution >= 4 is 35.2 Å². The first-order valence-electron chi connectivity index (χ1n) is 15.1. The average Bonchev–Trinajstić information content (AvgIpc) is 3.26. The summed E-state index contributed by atoms with van der Waals surface area (Å²) in [4.78, 5) is 46.5. The highest BCUT2D eigenvalue weighted by atomic mass is 32.1. The third-order valence-electron chi connectivity index (χ3n) is 7.65. The van der Waals surface area contributed by atoms with E-state index in [0.29, 0.717) is 39.3 Å². The van der Waals surface area contributed by atoms with E-state index in [0.717, 1.165) is 16.7 Å². The highest BCUT2D eigenvalue weighted by Crippen LogP contribution is 2.25. The number of pyridine rings is 1. The van der Waals surface area contributed by atoms with Crippen LogP contribution >= 0.6 is 11.3 Å². The van der Waals surface area contributed by atoms with Crippen LogP contribution in [0.5, 0.6) is 11.5 Å². The lowest BCUT2D eigenvalue weighted by Crippen LogP contribution is -2.50. The molecule has 0 N–H and O–H groups in total. The normalized spacial score (nSPS) is 17.9. The second kappa shape index (κ2) is 13.3. The van der Waals surface area contributed by atoms with Crippen molar-refractivity contribution < 1.29 is 19.1 Å². The lowest BCUT2D eigenvalue weighted by Gasteiger charge is -2.35. The van der Waals surface area contributed by atoms with Crippen LogP contribution in [0.4, 0.5) is 0 Å². The molecule has 0 radical (unpaired) electrons. The Bertz CT molecular complexity index is 1860. The molecule has 0 saturated carbocycles. The van der Waals surface area contributed by atoms with Gasteiger partial charge in [0.05, 0.1) is 22.9 Å². The largest absolute Gasteiger partial charge is 0.455 e. The molecule has 2 aromatic heterocycles. The number of carbonyl (C=O) groups is 2. The molecule has 45 heavy (non-hydrogen) atoms. The van der Waals surface area contributed by atoms with Gasteiger partial charge in [0.2, 0.25) is 5.91 Å². The molecular weight excluding hydrogens is 586 g/mol. The fraction of sp³-hybridized carbons (Fsp3) is 0.333. The van der Waals surface area contributed by atoms with Gasteiger partial charge in [-0.1, -0.05) is 51.1 Å². The van der Waals surface area contributed by atoms with Crippen molar-refractivity contribution in [3.63, 3.8) is 0 Å². The predicted octanol–water partition coefficient (Wildman–Crippen LogP) is 4.83. The first kappa shape index (κ1) is 32.1. The predicted molar refractivity (Wildman–Crippen MR) is 177 cm³/mol. The number of morpholine rings is 1. The Morgan fingerprint density at radius 3 is 2.40 bits per heavy atom. The number of hydrogen-bond acceptors (Lipinski definition) is 7. The van der Waals surface area contributed by atoms with Gasteiger partial charge in [0.25, 0.3) is 5.56 Å². The second-order valence-corrected chi connectivity index (χ2v) is 13.6. The molecule has 8 nitrogen and oxygen atoms in total. The van der Waals surface area contributed by atoms with Gasteiger partial charge in [0.1, 0.15) is 22.7 Å². The van der Waals surface area contributed by atoms with Crippen LogP contribution in [0, 0.1) is 6.92 Å². The lowest BCUT2D eigenvalue weighted by atomic mass is 9.86. The molecule has 4 aromatic rings. The molecule has 1 saturated heterocycles. The number of ether oxygens (including phenoxy) is 2. The molecule has 3 heterocycles. The number of aryl methyl sites for hydroxylation is 1. The van der Waals surface area contributed by atoms with E-state index in [9.17, 15) is 14.4 Å². The zero-order valence-electron chi connectivity index (χ0n) is 26.6. The number of rotatable bonds is 7. The van der Waals surface area contributed by atoms with E-state index in [1.807, 2.05) is 69.3 Å². The van der Waals surface area contributed by atoms with E-state index in [1.165, 1.54) is 22.0 Å². The maximum Gasteiger partial charge on any atom is 0.269 e. The van der Waals surface area contributed by atoms with Crippen LogP contribution in [0.1, 0.15) is 61.7 Å². The van der Waals surface area contributed by atoms with E-state index in [4.69, 9.17) is 9.47 Å². The van der Waals surface area contributed by atoms with Gasteiger partial charge in [0.15, 0.2) is 5.78 Å². The Morgan fingerprint density at radius 2 is 1.78 bits per heavy atom. The first-order chi connectivity index (χ1) is 21.4. The third kappa shape index (κ3) is 7.85. The fourth-order valence-corrected chi connectivity index (χ4v) is 6.34. The summed E-state index contributed by atoms with van der Waals surface area (Å²) >= 11 is 1.20. The maximum atomic E-state index is 13.8.